The zero-order valence-corrected chi connectivity index (χ0v) is 11.4. The molecule has 2 rings (SSSR count). The summed E-state index contributed by atoms with van der Waals surface area (Å²) in [5, 5.41) is 3.06. The van der Waals surface area contributed by atoms with Gasteiger partial charge in [-0.2, -0.15) is 0 Å². The Labute approximate surface area is 110 Å². The van der Waals surface area contributed by atoms with Crippen molar-refractivity contribution in [3.63, 3.8) is 0 Å². The van der Waals surface area contributed by atoms with E-state index in [0.29, 0.717) is 32.0 Å². The van der Waals surface area contributed by atoms with Crippen LogP contribution in [0.5, 0.6) is 0 Å². The van der Waals surface area contributed by atoms with Crippen molar-refractivity contribution in [3.05, 3.63) is 0 Å². The molecular formula is C14H26N2O2. The molecule has 1 aliphatic carbocycles. The van der Waals surface area contributed by atoms with Gasteiger partial charge in [0.25, 0.3) is 0 Å². The zero-order valence-electron chi connectivity index (χ0n) is 11.4. The molecule has 2 unspecified atom stereocenters. The van der Waals surface area contributed by atoms with Gasteiger partial charge in [-0.3, -0.25) is 4.79 Å². The second kappa shape index (κ2) is 6.02. The minimum Gasteiger partial charge on any atom is -0.381 e. The first-order chi connectivity index (χ1) is 8.60. The van der Waals surface area contributed by atoms with Gasteiger partial charge in [0.05, 0.1) is 5.54 Å². The predicted octanol–water partition coefficient (Wildman–Crippen LogP) is 1.44. The van der Waals surface area contributed by atoms with Crippen LogP contribution in [-0.4, -0.2) is 31.2 Å². The summed E-state index contributed by atoms with van der Waals surface area (Å²) in [7, 11) is 0. The van der Waals surface area contributed by atoms with Crippen molar-refractivity contribution in [2.24, 2.45) is 17.6 Å². The number of ether oxygens (including phenoxy) is 1. The largest absolute Gasteiger partial charge is 0.381 e. The lowest BCUT2D eigenvalue weighted by Gasteiger charge is -2.33. The first-order valence-corrected chi connectivity index (χ1v) is 7.25. The monoisotopic (exact) mass is 254 g/mol. The second-order valence-electron chi connectivity index (χ2n) is 6.12. The van der Waals surface area contributed by atoms with Crippen LogP contribution in [0.1, 0.15) is 45.4 Å². The molecule has 3 N–H and O–H groups in total. The minimum atomic E-state index is -0.696. The van der Waals surface area contributed by atoms with Crippen LogP contribution in [0.3, 0.4) is 0 Å². The number of nitrogens with one attached hydrogen (secondary N) is 1. The maximum atomic E-state index is 12.2. The SMILES string of the molecule is CC1CCCC(CNC(=O)C2(N)CCOCC2)C1. The third kappa shape index (κ3) is 3.45. The van der Waals surface area contributed by atoms with Crippen molar-refractivity contribution in [2.75, 3.05) is 19.8 Å². The number of amides is 1. The number of carbonyl (C=O) groups is 1. The number of rotatable bonds is 3. The number of hydrogen-bond acceptors (Lipinski definition) is 3. The molecule has 104 valence electrons. The van der Waals surface area contributed by atoms with Crippen molar-refractivity contribution in [1.82, 2.24) is 5.32 Å². The van der Waals surface area contributed by atoms with Crippen LogP contribution in [0.2, 0.25) is 0 Å². The molecular weight excluding hydrogens is 228 g/mol. The van der Waals surface area contributed by atoms with Gasteiger partial charge < -0.3 is 15.8 Å². The lowest BCUT2D eigenvalue weighted by Crippen LogP contribution is -2.57. The summed E-state index contributed by atoms with van der Waals surface area (Å²) >= 11 is 0. The molecule has 0 spiro atoms. The fourth-order valence-electron chi connectivity index (χ4n) is 3.12. The fourth-order valence-corrected chi connectivity index (χ4v) is 3.12. The highest BCUT2D eigenvalue weighted by Gasteiger charge is 2.36. The third-order valence-corrected chi connectivity index (χ3v) is 4.43. The molecule has 2 fully saturated rings. The summed E-state index contributed by atoms with van der Waals surface area (Å²) in [6, 6.07) is 0. The number of hydrogen-bond donors (Lipinski definition) is 2. The van der Waals surface area contributed by atoms with Crippen LogP contribution in [0.15, 0.2) is 0 Å². The average Bonchev–Trinajstić information content (AvgIpc) is 2.37. The number of nitrogens with two attached hydrogens (primary N) is 1. The van der Waals surface area contributed by atoms with Gasteiger partial charge in [0.2, 0.25) is 5.91 Å². The van der Waals surface area contributed by atoms with Crippen LogP contribution in [-0.2, 0) is 9.53 Å². The highest BCUT2D eigenvalue weighted by molar-refractivity contribution is 5.86. The third-order valence-electron chi connectivity index (χ3n) is 4.43. The van der Waals surface area contributed by atoms with E-state index in [1.807, 2.05) is 0 Å². The van der Waals surface area contributed by atoms with Gasteiger partial charge in [0.1, 0.15) is 0 Å². The molecule has 4 nitrogen and oxygen atoms in total. The first-order valence-electron chi connectivity index (χ1n) is 7.25. The molecule has 1 saturated heterocycles. The molecule has 1 aliphatic heterocycles. The Morgan fingerprint density at radius 2 is 2.11 bits per heavy atom. The molecule has 0 aromatic heterocycles. The lowest BCUT2D eigenvalue weighted by molar-refractivity contribution is -0.130. The smallest absolute Gasteiger partial charge is 0.240 e. The van der Waals surface area contributed by atoms with Crippen molar-refractivity contribution in [3.8, 4) is 0 Å². The van der Waals surface area contributed by atoms with Crippen LogP contribution in [0, 0.1) is 11.8 Å². The summed E-state index contributed by atoms with van der Waals surface area (Å²) in [4.78, 5) is 12.2. The number of carbonyl (C=O) groups excluding carboxylic acids is 1. The van der Waals surface area contributed by atoms with Gasteiger partial charge in [-0.05, 0) is 37.5 Å². The quantitative estimate of drug-likeness (QED) is 0.801. The standard InChI is InChI=1S/C14H26N2O2/c1-11-3-2-4-12(9-11)10-16-13(17)14(15)5-7-18-8-6-14/h11-12H,2-10,15H2,1H3,(H,16,17). The highest BCUT2D eigenvalue weighted by Crippen LogP contribution is 2.28. The van der Waals surface area contributed by atoms with E-state index in [9.17, 15) is 4.79 Å². The van der Waals surface area contributed by atoms with Gasteiger partial charge in [0.15, 0.2) is 0 Å². The molecule has 2 atom stereocenters. The summed E-state index contributed by atoms with van der Waals surface area (Å²) in [6.45, 7) is 4.30. The minimum absolute atomic E-state index is 0.0176. The zero-order chi connectivity index (χ0) is 13.0. The first kappa shape index (κ1) is 13.8. The maximum absolute atomic E-state index is 12.2. The average molecular weight is 254 g/mol. The predicted molar refractivity (Wildman–Crippen MR) is 71.1 cm³/mol. The highest BCUT2D eigenvalue weighted by atomic mass is 16.5. The van der Waals surface area contributed by atoms with Crippen molar-refractivity contribution < 1.29 is 9.53 Å². The molecule has 1 saturated carbocycles. The Morgan fingerprint density at radius 3 is 2.78 bits per heavy atom. The van der Waals surface area contributed by atoms with E-state index >= 15 is 0 Å². The Kier molecular flexibility index (Phi) is 4.62. The van der Waals surface area contributed by atoms with E-state index in [1.54, 1.807) is 0 Å². The van der Waals surface area contributed by atoms with Gasteiger partial charge in [-0.15, -0.1) is 0 Å². The Bertz CT molecular complexity index is 288. The summed E-state index contributed by atoms with van der Waals surface area (Å²) in [5.74, 6) is 1.46. The van der Waals surface area contributed by atoms with E-state index in [0.717, 1.165) is 12.5 Å². The summed E-state index contributed by atoms with van der Waals surface area (Å²) in [5.41, 5.74) is 5.46. The fraction of sp³-hybridized carbons (Fsp3) is 0.929. The molecule has 0 bridgehead atoms. The van der Waals surface area contributed by atoms with E-state index in [2.05, 4.69) is 12.2 Å². The Balaban J connectivity index is 1.76. The van der Waals surface area contributed by atoms with Gasteiger partial charge in [-0.25, -0.2) is 0 Å². The van der Waals surface area contributed by atoms with Crippen molar-refractivity contribution >= 4 is 5.91 Å². The van der Waals surface area contributed by atoms with Crippen LogP contribution in [0.4, 0.5) is 0 Å². The van der Waals surface area contributed by atoms with Crippen LogP contribution in [0.25, 0.3) is 0 Å². The summed E-state index contributed by atoms with van der Waals surface area (Å²) < 4.78 is 5.26. The van der Waals surface area contributed by atoms with E-state index in [-0.39, 0.29) is 5.91 Å². The second-order valence-corrected chi connectivity index (χ2v) is 6.12. The van der Waals surface area contributed by atoms with E-state index in [4.69, 9.17) is 10.5 Å². The molecule has 2 aliphatic rings. The van der Waals surface area contributed by atoms with Gasteiger partial charge >= 0.3 is 0 Å². The van der Waals surface area contributed by atoms with Crippen molar-refractivity contribution in [1.29, 1.82) is 0 Å². The maximum Gasteiger partial charge on any atom is 0.240 e. The van der Waals surface area contributed by atoms with Crippen molar-refractivity contribution in [2.45, 2.75) is 51.0 Å². The van der Waals surface area contributed by atoms with E-state index in [1.165, 1.54) is 25.7 Å². The molecule has 4 heteroatoms. The molecule has 0 aromatic carbocycles. The topological polar surface area (TPSA) is 64.4 Å². The van der Waals surface area contributed by atoms with E-state index < -0.39 is 5.54 Å². The van der Waals surface area contributed by atoms with Gasteiger partial charge in [-0.1, -0.05) is 19.8 Å². The normalized spacial score (nSPS) is 31.9. The lowest BCUT2D eigenvalue weighted by atomic mass is 9.82. The molecule has 1 amide bonds. The summed E-state index contributed by atoms with van der Waals surface area (Å²) in [6.07, 6.45) is 6.39. The van der Waals surface area contributed by atoms with Crippen LogP contribution < -0.4 is 11.1 Å². The van der Waals surface area contributed by atoms with Gasteiger partial charge in [0, 0.05) is 19.8 Å². The molecule has 0 aromatic rings. The Hall–Kier alpha value is -0.610. The van der Waals surface area contributed by atoms with Crippen LogP contribution >= 0.6 is 0 Å². The molecule has 0 radical (unpaired) electrons. The molecule has 1 heterocycles. The molecule has 18 heavy (non-hydrogen) atoms. The Morgan fingerprint density at radius 1 is 1.39 bits per heavy atom.